The summed E-state index contributed by atoms with van der Waals surface area (Å²) in [5, 5.41) is 0. The number of hydrogen-bond acceptors (Lipinski definition) is 5. The van der Waals surface area contributed by atoms with Gasteiger partial charge in [0.25, 0.3) is 11.8 Å². The molecule has 2 aromatic rings. The molecule has 1 aliphatic heterocycles. The maximum atomic E-state index is 13.5. The van der Waals surface area contributed by atoms with E-state index >= 15 is 0 Å². The third-order valence-electron chi connectivity index (χ3n) is 5.09. The molecule has 164 valence electrons. The molecule has 3 rings (SSSR count). The molecule has 0 N–H and O–H groups in total. The topological polar surface area (TPSA) is 76.2 Å². The van der Waals surface area contributed by atoms with Gasteiger partial charge in [-0.05, 0) is 63.2 Å². The average Bonchev–Trinajstić information content (AvgIpc) is 3.00. The molecule has 1 aliphatic rings. The van der Waals surface area contributed by atoms with Crippen molar-refractivity contribution in [3.63, 3.8) is 0 Å². The van der Waals surface area contributed by atoms with E-state index in [1.807, 2.05) is 0 Å². The van der Waals surface area contributed by atoms with E-state index in [-0.39, 0.29) is 12.1 Å². The lowest BCUT2D eigenvalue weighted by Crippen LogP contribution is -2.54. The van der Waals surface area contributed by atoms with Gasteiger partial charge in [0.15, 0.2) is 11.5 Å². The zero-order valence-corrected chi connectivity index (χ0v) is 18.1. The van der Waals surface area contributed by atoms with E-state index in [9.17, 15) is 18.8 Å². The molecule has 31 heavy (non-hydrogen) atoms. The molecule has 2 aromatic carbocycles. The average molecular weight is 428 g/mol. The highest BCUT2D eigenvalue weighted by atomic mass is 19.1. The molecule has 1 saturated heterocycles. The lowest BCUT2D eigenvalue weighted by Gasteiger charge is -2.39. The summed E-state index contributed by atoms with van der Waals surface area (Å²) < 4.78 is 23.8. The zero-order chi connectivity index (χ0) is 22.9. The molecule has 1 atom stereocenters. The van der Waals surface area contributed by atoms with Gasteiger partial charge in [0.1, 0.15) is 11.9 Å². The Morgan fingerprint density at radius 3 is 2.19 bits per heavy atom. The van der Waals surface area contributed by atoms with Gasteiger partial charge in [0.2, 0.25) is 5.91 Å². The van der Waals surface area contributed by atoms with Crippen LogP contribution in [0.25, 0.3) is 0 Å². The second-order valence-electron chi connectivity index (χ2n) is 8.18. The number of methoxy groups -OCH3 is 2. The SMILES string of the molecule is COc1ccc(C(=O)N(C2CC(=O)N(c3ccc(F)cc3)C2=O)C(C)(C)C)cc1OC. The Bertz CT molecular complexity index is 1010. The van der Waals surface area contributed by atoms with Crippen molar-refractivity contribution in [2.75, 3.05) is 19.1 Å². The minimum Gasteiger partial charge on any atom is -0.493 e. The van der Waals surface area contributed by atoms with Gasteiger partial charge in [-0.15, -0.1) is 0 Å². The van der Waals surface area contributed by atoms with E-state index in [1.165, 1.54) is 43.4 Å². The van der Waals surface area contributed by atoms with Crippen LogP contribution in [0.4, 0.5) is 10.1 Å². The van der Waals surface area contributed by atoms with E-state index in [1.54, 1.807) is 39.0 Å². The summed E-state index contributed by atoms with van der Waals surface area (Å²) in [7, 11) is 2.96. The highest BCUT2D eigenvalue weighted by Gasteiger charge is 2.47. The number of anilines is 1. The van der Waals surface area contributed by atoms with Crippen molar-refractivity contribution in [1.29, 1.82) is 0 Å². The predicted octanol–water partition coefficient (Wildman–Crippen LogP) is 3.42. The van der Waals surface area contributed by atoms with Crippen molar-refractivity contribution >= 4 is 23.4 Å². The number of carbonyl (C=O) groups is 3. The van der Waals surface area contributed by atoms with Crippen molar-refractivity contribution in [2.45, 2.75) is 38.8 Å². The third kappa shape index (κ3) is 4.23. The first-order valence-corrected chi connectivity index (χ1v) is 9.76. The van der Waals surface area contributed by atoms with Crippen molar-refractivity contribution in [3.05, 3.63) is 53.8 Å². The fourth-order valence-corrected chi connectivity index (χ4v) is 3.70. The predicted molar refractivity (Wildman–Crippen MR) is 113 cm³/mol. The zero-order valence-electron chi connectivity index (χ0n) is 18.1. The Balaban J connectivity index is 1.98. The first kappa shape index (κ1) is 22.3. The van der Waals surface area contributed by atoms with Crippen LogP contribution in [0.2, 0.25) is 0 Å². The van der Waals surface area contributed by atoms with Crippen LogP contribution in [0.15, 0.2) is 42.5 Å². The van der Waals surface area contributed by atoms with Crippen LogP contribution in [-0.4, -0.2) is 48.4 Å². The minimum atomic E-state index is -0.988. The summed E-state index contributed by atoms with van der Waals surface area (Å²) in [6.45, 7) is 5.39. The van der Waals surface area contributed by atoms with Gasteiger partial charge in [-0.1, -0.05) is 0 Å². The van der Waals surface area contributed by atoms with Crippen molar-refractivity contribution in [1.82, 2.24) is 4.90 Å². The van der Waals surface area contributed by atoms with E-state index < -0.39 is 35.1 Å². The molecule has 3 amide bonds. The third-order valence-corrected chi connectivity index (χ3v) is 5.09. The van der Waals surface area contributed by atoms with Crippen LogP contribution in [0.1, 0.15) is 37.6 Å². The molecule has 0 saturated carbocycles. The summed E-state index contributed by atoms with van der Waals surface area (Å²) >= 11 is 0. The summed E-state index contributed by atoms with van der Waals surface area (Å²) in [5.74, 6) is -1.02. The van der Waals surface area contributed by atoms with E-state index in [4.69, 9.17) is 9.47 Å². The lowest BCUT2D eigenvalue weighted by atomic mass is 9.99. The maximum Gasteiger partial charge on any atom is 0.257 e. The lowest BCUT2D eigenvalue weighted by molar-refractivity contribution is -0.123. The second-order valence-corrected chi connectivity index (χ2v) is 8.18. The van der Waals surface area contributed by atoms with Gasteiger partial charge in [-0.3, -0.25) is 14.4 Å². The largest absolute Gasteiger partial charge is 0.493 e. The molecular weight excluding hydrogens is 403 g/mol. The van der Waals surface area contributed by atoms with Gasteiger partial charge in [0.05, 0.1) is 26.3 Å². The van der Waals surface area contributed by atoms with Gasteiger partial charge in [0, 0.05) is 11.1 Å². The number of nitrogens with zero attached hydrogens (tertiary/aromatic N) is 2. The number of hydrogen-bond donors (Lipinski definition) is 0. The number of ether oxygens (including phenoxy) is 2. The molecule has 1 fully saturated rings. The van der Waals surface area contributed by atoms with Crippen LogP contribution in [0, 0.1) is 5.82 Å². The van der Waals surface area contributed by atoms with Gasteiger partial charge in [-0.2, -0.15) is 0 Å². The molecule has 0 aliphatic carbocycles. The number of benzene rings is 2. The van der Waals surface area contributed by atoms with Crippen LogP contribution < -0.4 is 14.4 Å². The molecule has 7 nitrogen and oxygen atoms in total. The Hall–Kier alpha value is -3.42. The van der Waals surface area contributed by atoms with E-state index in [0.717, 1.165) is 4.90 Å². The van der Waals surface area contributed by atoms with Crippen molar-refractivity contribution in [3.8, 4) is 11.5 Å². The van der Waals surface area contributed by atoms with E-state index in [2.05, 4.69) is 0 Å². The van der Waals surface area contributed by atoms with Gasteiger partial charge >= 0.3 is 0 Å². The summed E-state index contributed by atoms with van der Waals surface area (Å²) in [6, 6.07) is 8.84. The monoisotopic (exact) mass is 428 g/mol. The number of carbonyl (C=O) groups excluding carboxylic acids is 3. The summed E-state index contributed by atoms with van der Waals surface area (Å²) in [6.07, 6.45) is -0.160. The molecule has 0 radical (unpaired) electrons. The van der Waals surface area contributed by atoms with Crippen LogP contribution in [-0.2, 0) is 9.59 Å². The van der Waals surface area contributed by atoms with Gasteiger partial charge in [-0.25, -0.2) is 9.29 Å². The number of rotatable bonds is 5. The first-order valence-electron chi connectivity index (χ1n) is 9.76. The Labute approximate surface area is 180 Å². The molecule has 0 spiro atoms. The Morgan fingerprint density at radius 2 is 1.65 bits per heavy atom. The normalized spacial score (nSPS) is 16.5. The van der Waals surface area contributed by atoms with Crippen LogP contribution in [0.3, 0.4) is 0 Å². The highest BCUT2D eigenvalue weighted by Crippen LogP contribution is 2.33. The summed E-state index contributed by atoms with van der Waals surface area (Å²) in [4.78, 5) is 41.8. The summed E-state index contributed by atoms with van der Waals surface area (Å²) in [5.41, 5.74) is -0.191. The van der Waals surface area contributed by atoms with Crippen LogP contribution in [0.5, 0.6) is 11.5 Å². The van der Waals surface area contributed by atoms with Crippen LogP contribution >= 0.6 is 0 Å². The Kier molecular flexibility index (Phi) is 6.01. The molecular formula is C23H25FN2O5. The fraction of sp³-hybridized carbons (Fsp3) is 0.348. The first-order chi connectivity index (χ1) is 14.6. The number of imide groups is 1. The van der Waals surface area contributed by atoms with Gasteiger partial charge < -0.3 is 14.4 Å². The van der Waals surface area contributed by atoms with E-state index in [0.29, 0.717) is 17.1 Å². The van der Waals surface area contributed by atoms with Crippen molar-refractivity contribution in [2.24, 2.45) is 0 Å². The Morgan fingerprint density at radius 1 is 1.03 bits per heavy atom. The van der Waals surface area contributed by atoms with Crippen molar-refractivity contribution < 1.29 is 28.2 Å². The molecule has 0 aromatic heterocycles. The molecule has 1 heterocycles. The highest BCUT2D eigenvalue weighted by molar-refractivity contribution is 6.23. The maximum absolute atomic E-state index is 13.5. The number of halogens is 1. The standard InChI is InChI=1S/C23H25FN2O5/c1-23(2,3)26(21(28)14-6-11-18(30-4)19(12-14)31-5)17-13-20(27)25(22(17)29)16-9-7-15(24)8-10-16/h6-12,17H,13H2,1-5H3. The molecule has 0 bridgehead atoms. The fourth-order valence-electron chi connectivity index (χ4n) is 3.70. The minimum absolute atomic E-state index is 0.160. The molecule has 1 unspecified atom stereocenters. The molecule has 8 heteroatoms. The smallest absolute Gasteiger partial charge is 0.257 e. The second kappa shape index (κ2) is 8.37. The quantitative estimate of drug-likeness (QED) is 0.682. The number of amides is 3.